The average molecular weight is 795 g/mol. The van der Waals surface area contributed by atoms with Crippen LogP contribution < -0.4 is 5.32 Å². The number of hydrogen-bond acceptors (Lipinski definition) is 3. The molecule has 282 valence electrons. The van der Waals surface area contributed by atoms with Crippen LogP contribution >= 0.6 is 15.9 Å². The number of carbonyl (C=O) groups is 1. The van der Waals surface area contributed by atoms with Gasteiger partial charge in [0, 0.05) is 28.7 Å². The molecule has 1 amide bonds. The maximum Gasteiger partial charge on any atom is 0.217 e. The Morgan fingerprint density at radius 1 is 0.980 bits per heavy atom. The number of hydrogen-bond donors (Lipinski definition) is 1. The van der Waals surface area contributed by atoms with Crippen molar-refractivity contribution in [3.8, 4) is 11.5 Å². The highest BCUT2D eigenvalue weighted by Gasteiger charge is 2.45. The summed E-state index contributed by atoms with van der Waals surface area (Å²) in [6.45, 7) is 36.0. The van der Waals surface area contributed by atoms with Gasteiger partial charge in [-0.25, -0.2) is 0 Å². The van der Waals surface area contributed by atoms with Crippen molar-refractivity contribution in [3.05, 3.63) is 34.9 Å². The van der Waals surface area contributed by atoms with Gasteiger partial charge < -0.3 is 14.2 Å². The zero-order valence-corrected chi connectivity index (χ0v) is 39.2. The first kappa shape index (κ1) is 46.3. The number of nitrogens with one attached hydrogen (secondary N) is 1. The summed E-state index contributed by atoms with van der Waals surface area (Å²) in [6.07, 6.45) is 13.6. The summed E-state index contributed by atoms with van der Waals surface area (Å²) in [5.41, 5.74) is 3.85. The first-order valence-electron chi connectivity index (χ1n) is 19.5. The van der Waals surface area contributed by atoms with Crippen LogP contribution in [-0.2, 0) is 13.6 Å². The fourth-order valence-electron chi connectivity index (χ4n) is 7.01. The molecule has 49 heavy (non-hydrogen) atoms. The first-order chi connectivity index (χ1) is 22.6. The minimum atomic E-state index is -2.16. The zero-order chi connectivity index (χ0) is 37.8. The molecule has 1 N–H and O–H groups in total. The smallest absolute Gasteiger partial charge is 0.217 e. The summed E-state index contributed by atoms with van der Waals surface area (Å²) in [5.74, 6) is 4.31. The Kier molecular flexibility index (Phi) is 18.9. The molecular formula is C41H76BrNO3Si3. The van der Waals surface area contributed by atoms with Gasteiger partial charge in [-0.2, -0.15) is 0 Å². The molecule has 0 radical (unpaired) electrons. The third-order valence-electron chi connectivity index (χ3n) is 12.5. The van der Waals surface area contributed by atoms with Crippen molar-refractivity contribution in [2.24, 2.45) is 23.2 Å². The Hall–Kier alpha value is -0.699. The molecule has 8 heteroatoms. The topological polar surface area (TPSA) is 47.6 Å². The zero-order valence-electron chi connectivity index (χ0n) is 34.6. The van der Waals surface area contributed by atoms with Crippen molar-refractivity contribution in [1.29, 1.82) is 0 Å². The standard InChI is InChI=1S/C41H76BrNO3Si3/c1-17-48(18-2,19-3)30-29-41(14)28-24-23-25-36(41)31-37(42)27-26-32(7)38(46-49(20-4,21-5)22-6)33(8)39(34(9)43-35(10)44)45-47(15,16)40(11,12)13/h23,25-27,31-34,36,38-39H,17-22,24,28H2,1-16H3,(H,43,44)/b27-26+,37-31-/t32-,33+,34-,36-,38-,39+,41+/m1/s1. The lowest BCUT2D eigenvalue weighted by Gasteiger charge is -2.46. The van der Waals surface area contributed by atoms with Crippen LogP contribution in [0.4, 0.5) is 0 Å². The third-order valence-corrected chi connectivity index (χ3v) is 26.8. The third kappa shape index (κ3) is 13.0. The van der Waals surface area contributed by atoms with Crippen LogP contribution in [0, 0.1) is 34.6 Å². The van der Waals surface area contributed by atoms with Crippen LogP contribution in [0.1, 0.15) is 110 Å². The van der Waals surface area contributed by atoms with Crippen LogP contribution in [0.5, 0.6) is 0 Å². The summed E-state index contributed by atoms with van der Waals surface area (Å²) >= 11 is 3.96. The van der Waals surface area contributed by atoms with E-state index in [4.69, 9.17) is 8.85 Å². The summed E-state index contributed by atoms with van der Waals surface area (Å²) < 4.78 is 15.7. The van der Waals surface area contributed by atoms with Gasteiger partial charge in [0.15, 0.2) is 16.6 Å². The van der Waals surface area contributed by atoms with Crippen molar-refractivity contribution in [2.75, 3.05) is 0 Å². The summed E-state index contributed by atoms with van der Waals surface area (Å²) in [4.78, 5) is 12.3. The average Bonchev–Trinajstić information content (AvgIpc) is 3.04. The number of amides is 1. The molecular weight excluding hydrogens is 719 g/mol. The molecule has 1 rings (SSSR count). The Morgan fingerprint density at radius 3 is 2.00 bits per heavy atom. The van der Waals surface area contributed by atoms with E-state index in [1.807, 2.05) is 0 Å². The van der Waals surface area contributed by atoms with Gasteiger partial charge >= 0.3 is 0 Å². The van der Waals surface area contributed by atoms with Gasteiger partial charge in [-0.05, 0) is 87.0 Å². The quantitative estimate of drug-likeness (QED) is 0.0651. The highest BCUT2D eigenvalue weighted by Crippen LogP contribution is 2.42. The number of halogens is 1. The number of carbonyl (C=O) groups excluding carboxylic acids is 1. The maximum atomic E-state index is 12.3. The second-order valence-electron chi connectivity index (χ2n) is 16.8. The van der Waals surface area contributed by atoms with Gasteiger partial charge in [0.2, 0.25) is 5.91 Å². The van der Waals surface area contributed by atoms with E-state index in [2.05, 4.69) is 166 Å². The van der Waals surface area contributed by atoms with Crippen molar-refractivity contribution < 1.29 is 13.6 Å². The minimum absolute atomic E-state index is 0.0250. The lowest BCUT2D eigenvalue weighted by Crippen LogP contribution is -2.56. The molecule has 0 fully saturated rings. The van der Waals surface area contributed by atoms with E-state index in [0.717, 1.165) is 35.5 Å². The molecule has 0 aromatic heterocycles. The second-order valence-corrected chi connectivity index (χ2v) is 32.1. The monoisotopic (exact) mass is 793 g/mol. The largest absolute Gasteiger partial charge is 0.413 e. The normalized spacial score (nSPS) is 22.6. The molecule has 1 aliphatic rings. The molecule has 0 aromatic carbocycles. The van der Waals surface area contributed by atoms with E-state index < -0.39 is 24.7 Å². The molecule has 4 nitrogen and oxygen atoms in total. The van der Waals surface area contributed by atoms with E-state index >= 15 is 0 Å². The Bertz CT molecular complexity index is 1170. The molecule has 0 saturated carbocycles. The SMILES string of the molecule is CC[Si](C#C[C@]1(C)CCC=C[C@@H]1/C=C(Br)/C=C/[C@@H](C)[C@@H](O[Si](CC)(CC)CC)[C@H](C)[C@H](O[Si](C)(C)C(C)(C)C)[C@@H](C)NC(C)=O)(CC)CC. The second kappa shape index (κ2) is 19.9. The summed E-state index contributed by atoms with van der Waals surface area (Å²) in [6, 6.07) is 6.82. The van der Waals surface area contributed by atoms with E-state index in [-0.39, 0.29) is 52.4 Å². The van der Waals surface area contributed by atoms with Gasteiger partial charge in [0.1, 0.15) is 8.07 Å². The summed E-state index contributed by atoms with van der Waals surface area (Å²) in [7, 11) is -5.65. The molecule has 0 heterocycles. The molecule has 0 spiro atoms. The fourth-order valence-corrected chi connectivity index (χ4v) is 14.5. The van der Waals surface area contributed by atoms with E-state index in [0.29, 0.717) is 0 Å². The fraction of sp³-hybridized carbons (Fsp3) is 0.780. The lowest BCUT2D eigenvalue weighted by molar-refractivity contribution is -0.120. The predicted molar refractivity (Wildman–Crippen MR) is 227 cm³/mol. The van der Waals surface area contributed by atoms with Crippen LogP contribution in [0.15, 0.2) is 34.9 Å². The Balaban J connectivity index is 3.61. The molecule has 0 aromatic rings. The van der Waals surface area contributed by atoms with Gasteiger partial charge in [-0.1, -0.05) is 122 Å². The Labute approximate surface area is 315 Å². The van der Waals surface area contributed by atoms with Crippen molar-refractivity contribution in [2.45, 2.75) is 182 Å². The summed E-state index contributed by atoms with van der Waals surface area (Å²) in [5, 5.41) is 3.24. The van der Waals surface area contributed by atoms with E-state index in [9.17, 15) is 4.79 Å². The Morgan fingerprint density at radius 2 is 1.53 bits per heavy atom. The van der Waals surface area contributed by atoms with Crippen LogP contribution in [0.2, 0.25) is 54.4 Å². The molecule has 0 unspecified atom stereocenters. The van der Waals surface area contributed by atoms with Gasteiger partial charge in [0.05, 0.1) is 18.2 Å². The molecule has 7 atom stereocenters. The predicted octanol–water partition coefficient (Wildman–Crippen LogP) is 12.4. The van der Waals surface area contributed by atoms with Crippen molar-refractivity contribution in [1.82, 2.24) is 5.32 Å². The number of rotatable bonds is 18. The minimum Gasteiger partial charge on any atom is -0.413 e. The van der Waals surface area contributed by atoms with Crippen LogP contribution in [-0.4, -0.2) is 48.9 Å². The molecule has 0 bridgehead atoms. The van der Waals surface area contributed by atoms with Gasteiger partial charge in [-0.15, -0.1) is 11.5 Å². The molecule has 0 aliphatic heterocycles. The highest BCUT2D eigenvalue weighted by molar-refractivity contribution is 9.11. The number of allylic oxidation sites excluding steroid dienone is 5. The molecule has 0 saturated heterocycles. The van der Waals surface area contributed by atoms with Crippen LogP contribution in [0.3, 0.4) is 0 Å². The maximum absolute atomic E-state index is 12.3. The van der Waals surface area contributed by atoms with E-state index in [1.54, 1.807) is 6.92 Å². The van der Waals surface area contributed by atoms with Crippen molar-refractivity contribution >= 4 is 46.5 Å². The van der Waals surface area contributed by atoms with Crippen LogP contribution in [0.25, 0.3) is 0 Å². The van der Waals surface area contributed by atoms with Crippen molar-refractivity contribution in [3.63, 3.8) is 0 Å². The van der Waals surface area contributed by atoms with Gasteiger partial charge in [0.25, 0.3) is 0 Å². The van der Waals surface area contributed by atoms with E-state index in [1.165, 1.54) is 18.1 Å². The first-order valence-corrected chi connectivity index (χ1v) is 28.4. The van der Waals surface area contributed by atoms with Gasteiger partial charge in [-0.3, -0.25) is 4.79 Å². The molecule has 1 aliphatic carbocycles. The highest BCUT2D eigenvalue weighted by atomic mass is 79.9. The lowest BCUT2D eigenvalue weighted by atomic mass is 9.71.